The lowest BCUT2D eigenvalue weighted by Gasteiger charge is -2.18. The van der Waals surface area contributed by atoms with Gasteiger partial charge in [-0.3, -0.25) is 0 Å². The van der Waals surface area contributed by atoms with Gasteiger partial charge in [-0.1, -0.05) is 0 Å². The van der Waals surface area contributed by atoms with Crippen LogP contribution in [0.1, 0.15) is 13.8 Å². The van der Waals surface area contributed by atoms with Crippen molar-refractivity contribution in [3.8, 4) is 0 Å². The lowest BCUT2D eigenvalue weighted by molar-refractivity contribution is 0.598. The molecule has 108 valence electrons. The summed E-state index contributed by atoms with van der Waals surface area (Å²) in [5, 5.41) is 7.70. The molecule has 1 heterocycles. The molecule has 1 aromatic rings. The largest absolute Gasteiger partial charge is 0.353 e. The van der Waals surface area contributed by atoms with Gasteiger partial charge in [-0.25, -0.2) is 13.6 Å². The number of hydrogen-bond acceptors (Lipinski definition) is 7. The van der Waals surface area contributed by atoms with Gasteiger partial charge in [-0.05, 0) is 25.4 Å². The van der Waals surface area contributed by atoms with E-state index in [1.54, 1.807) is 0 Å². The monoisotopic (exact) mass is 308 g/mol. The van der Waals surface area contributed by atoms with Crippen molar-refractivity contribution < 1.29 is 8.42 Å². The molecule has 0 radical (unpaired) electrons. The fourth-order valence-corrected chi connectivity index (χ4v) is 1.91. The van der Waals surface area contributed by atoms with Crippen LogP contribution in [0.4, 0.5) is 11.9 Å². The molecular formula is C9H17ClN6O2S. The number of anilines is 2. The molecule has 0 amide bonds. The molecule has 1 aromatic heterocycles. The molecule has 0 fully saturated rings. The minimum atomic E-state index is -3.52. The number of rotatable bonds is 7. The smallest absolute Gasteiger partial charge is 0.231 e. The first-order valence-corrected chi connectivity index (χ1v) is 7.86. The quantitative estimate of drug-likeness (QED) is 0.732. The van der Waals surface area contributed by atoms with Crippen molar-refractivity contribution in [2.24, 2.45) is 5.14 Å². The van der Waals surface area contributed by atoms with Crippen molar-refractivity contribution >= 4 is 33.5 Å². The van der Waals surface area contributed by atoms with Crippen LogP contribution in [-0.2, 0) is 10.0 Å². The Hall–Kier alpha value is -1.19. The molecule has 0 aliphatic heterocycles. The summed E-state index contributed by atoms with van der Waals surface area (Å²) in [6.07, 6.45) is 0. The van der Waals surface area contributed by atoms with Crippen molar-refractivity contribution in [2.75, 3.05) is 35.6 Å². The number of nitrogens with zero attached hydrogens (tertiary/aromatic N) is 4. The van der Waals surface area contributed by atoms with Gasteiger partial charge in [-0.2, -0.15) is 15.0 Å². The van der Waals surface area contributed by atoms with Crippen molar-refractivity contribution in [1.82, 2.24) is 15.0 Å². The first-order valence-electron chi connectivity index (χ1n) is 5.76. The van der Waals surface area contributed by atoms with Gasteiger partial charge < -0.3 is 10.2 Å². The lowest BCUT2D eigenvalue weighted by Crippen LogP contribution is -2.26. The number of halogens is 1. The van der Waals surface area contributed by atoms with Crippen molar-refractivity contribution in [3.05, 3.63) is 5.28 Å². The molecule has 0 aromatic carbocycles. The third kappa shape index (κ3) is 5.53. The predicted molar refractivity (Wildman–Crippen MR) is 74.9 cm³/mol. The summed E-state index contributed by atoms with van der Waals surface area (Å²) in [4.78, 5) is 14.0. The van der Waals surface area contributed by atoms with E-state index < -0.39 is 10.0 Å². The highest BCUT2D eigenvalue weighted by atomic mass is 35.5. The first kappa shape index (κ1) is 15.9. The number of primary sulfonamides is 1. The van der Waals surface area contributed by atoms with Crippen LogP contribution in [0.2, 0.25) is 5.28 Å². The number of nitrogens with one attached hydrogen (secondary N) is 1. The van der Waals surface area contributed by atoms with E-state index in [1.165, 1.54) is 0 Å². The fraction of sp³-hybridized carbons (Fsp3) is 0.667. The van der Waals surface area contributed by atoms with Gasteiger partial charge >= 0.3 is 0 Å². The maximum Gasteiger partial charge on any atom is 0.231 e. The van der Waals surface area contributed by atoms with Gasteiger partial charge in [0.05, 0.1) is 5.75 Å². The number of hydrogen-bond donors (Lipinski definition) is 2. The van der Waals surface area contributed by atoms with Gasteiger partial charge in [-0.15, -0.1) is 0 Å². The summed E-state index contributed by atoms with van der Waals surface area (Å²) >= 11 is 5.81. The van der Waals surface area contributed by atoms with E-state index >= 15 is 0 Å². The topological polar surface area (TPSA) is 114 Å². The van der Waals surface area contributed by atoms with E-state index in [1.807, 2.05) is 18.7 Å². The summed E-state index contributed by atoms with van der Waals surface area (Å²) in [5.41, 5.74) is 0. The Morgan fingerprint density at radius 3 is 2.42 bits per heavy atom. The summed E-state index contributed by atoms with van der Waals surface area (Å²) in [6, 6.07) is 0. The van der Waals surface area contributed by atoms with Gasteiger partial charge in [0.15, 0.2) is 0 Å². The van der Waals surface area contributed by atoms with Crippen LogP contribution >= 0.6 is 11.6 Å². The van der Waals surface area contributed by atoms with Gasteiger partial charge in [0.1, 0.15) is 0 Å². The Bertz CT molecular complexity index is 519. The van der Waals surface area contributed by atoms with Gasteiger partial charge in [0.25, 0.3) is 0 Å². The fourth-order valence-electron chi connectivity index (χ4n) is 1.37. The molecule has 19 heavy (non-hydrogen) atoms. The van der Waals surface area contributed by atoms with Crippen molar-refractivity contribution in [3.63, 3.8) is 0 Å². The zero-order valence-corrected chi connectivity index (χ0v) is 12.4. The molecule has 0 aliphatic rings. The molecule has 0 atom stereocenters. The molecule has 0 unspecified atom stereocenters. The van der Waals surface area contributed by atoms with Crippen LogP contribution in [0.15, 0.2) is 0 Å². The highest BCUT2D eigenvalue weighted by Crippen LogP contribution is 2.13. The third-order valence-corrected chi connectivity index (χ3v) is 3.25. The van der Waals surface area contributed by atoms with Crippen molar-refractivity contribution in [2.45, 2.75) is 13.8 Å². The molecule has 0 bridgehead atoms. The molecule has 0 saturated carbocycles. The molecule has 1 rings (SSSR count). The summed E-state index contributed by atoms with van der Waals surface area (Å²) in [5.74, 6) is 0.463. The molecule has 0 saturated heterocycles. The second kappa shape index (κ2) is 6.83. The number of nitrogens with two attached hydrogens (primary N) is 1. The van der Waals surface area contributed by atoms with Crippen LogP contribution in [0.5, 0.6) is 0 Å². The normalized spacial score (nSPS) is 11.4. The maximum atomic E-state index is 10.8. The van der Waals surface area contributed by atoms with Crippen LogP contribution in [0, 0.1) is 0 Å². The molecule has 0 aliphatic carbocycles. The molecule has 8 nitrogen and oxygen atoms in total. The van der Waals surface area contributed by atoms with Gasteiger partial charge in [0, 0.05) is 19.6 Å². The molecule has 10 heteroatoms. The third-order valence-electron chi connectivity index (χ3n) is 2.31. The van der Waals surface area contributed by atoms with E-state index in [2.05, 4.69) is 20.3 Å². The minimum absolute atomic E-state index is 0.0509. The molecule has 0 spiro atoms. The van der Waals surface area contributed by atoms with Crippen LogP contribution in [0.3, 0.4) is 0 Å². The second-order valence-corrected chi connectivity index (χ2v) is 5.77. The van der Waals surface area contributed by atoms with E-state index in [4.69, 9.17) is 16.7 Å². The Kier molecular flexibility index (Phi) is 5.70. The van der Waals surface area contributed by atoms with E-state index in [-0.39, 0.29) is 23.5 Å². The Morgan fingerprint density at radius 1 is 1.26 bits per heavy atom. The highest BCUT2D eigenvalue weighted by Gasteiger charge is 2.10. The number of sulfonamides is 1. The summed E-state index contributed by atoms with van der Waals surface area (Å²) in [7, 11) is -3.52. The second-order valence-electron chi connectivity index (χ2n) is 3.69. The zero-order chi connectivity index (χ0) is 14.5. The standard InChI is InChI=1S/C9H17ClN6O2S/c1-3-16(4-2)9-14-7(10)13-8(15-9)12-5-6-19(11,17)18/h3-6H2,1-2H3,(H2,11,17,18)(H,12,13,14,15). The molecule has 3 N–H and O–H groups in total. The van der Waals surface area contributed by atoms with Gasteiger partial charge in [0.2, 0.25) is 27.2 Å². The van der Waals surface area contributed by atoms with E-state index in [0.717, 1.165) is 13.1 Å². The highest BCUT2D eigenvalue weighted by molar-refractivity contribution is 7.89. The average Bonchev–Trinajstić information content (AvgIpc) is 2.28. The maximum absolute atomic E-state index is 10.8. The average molecular weight is 309 g/mol. The first-order chi connectivity index (χ1) is 8.85. The number of aromatic nitrogens is 3. The Balaban J connectivity index is 2.79. The lowest BCUT2D eigenvalue weighted by atomic mass is 10.5. The van der Waals surface area contributed by atoms with Crippen LogP contribution in [0.25, 0.3) is 0 Å². The predicted octanol–water partition coefficient (Wildman–Crippen LogP) is 0.0716. The minimum Gasteiger partial charge on any atom is -0.353 e. The summed E-state index contributed by atoms with van der Waals surface area (Å²) in [6.45, 7) is 5.50. The Morgan fingerprint density at radius 2 is 1.89 bits per heavy atom. The Labute approximate surface area is 117 Å². The molecular weight excluding hydrogens is 292 g/mol. The van der Waals surface area contributed by atoms with E-state index in [9.17, 15) is 8.42 Å². The van der Waals surface area contributed by atoms with Crippen LogP contribution < -0.4 is 15.4 Å². The van der Waals surface area contributed by atoms with Crippen molar-refractivity contribution in [1.29, 1.82) is 0 Å². The van der Waals surface area contributed by atoms with Crippen LogP contribution in [-0.4, -0.2) is 48.8 Å². The zero-order valence-electron chi connectivity index (χ0n) is 10.8. The van der Waals surface area contributed by atoms with E-state index in [0.29, 0.717) is 5.95 Å². The SMILES string of the molecule is CCN(CC)c1nc(Cl)nc(NCCS(N)(=O)=O)n1. The summed E-state index contributed by atoms with van der Waals surface area (Å²) < 4.78 is 21.6.